The molecular weight excluding hydrogens is 340 g/mol. The van der Waals surface area contributed by atoms with E-state index >= 15 is 0 Å². The number of rotatable bonds is 6. The number of aromatic nitrogens is 3. The van der Waals surface area contributed by atoms with E-state index in [0.29, 0.717) is 18.0 Å². The lowest BCUT2D eigenvalue weighted by atomic mass is 10.1. The van der Waals surface area contributed by atoms with Gasteiger partial charge in [0.15, 0.2) is 0 Å². The number of amides is 1. The molecule has 0 aliphatic rings. The van der Waals surface area contributed by atoms with Gasteiger partial charge in [-0.3, -0.25) is 4.79 Å². The maximum Gasteiger partial charge on any atom is 0.226 e. The van der Waals surface area contributed by atoms with Gasteiger partial charge in [0.05, 0.1) is 30.6 Å². The Labute approximate surface area is 156 Å². The zero-order chi connectivity index (χ0) is 18.5. The van der Waals surface area contributed by atoms with Gasteiger partial charge in [0.25, 0.3) is 0 Å². The number of nitrogens with one attached hydrogen (secondary N) is 1. The molecule has 27 heavy (non-hydrogen) atoms. The molecular formula is C21H18N4O2. The Kier molecular flexibility index (Phi) is 4.78. The minimum atomic E-state index is -0.135. The lowest BCUT2D eigenvalue weighted by Gasteiger charge is -2.08. The van der Waals surface area contributed by atoms with Crippen LogP contribution in [-0.2, 0) is 17.8 Å². The number of hydrogen-bond acceptors (Lipinski definition) is 4. The van der Waals surface area contributed by atoms with E-state index in [4.69, 9.17) is 4.42 Å². The normalized spacial score (nSPS) is 10.7. The lowest BCUT2D eigenvalue weighted by molar-refractivity contribution is -0.120. The second-order valence-electron chi connectivity index (χ2n) is 6.03. The summed E-state index contributed by atoms with van der Waals surface area (Å²) in [6.45, 7) is 0.347. The van der Waals surface area contributed by atoms with Gasteiger partial charge in [-0.05, 0) is 24.3 Å². The Morgan fingerprint density at radius 2 is 1.70 bits per heavy atom. The van der Waals surface area contributed by atoms with Gasteiger partial charge < -0.3 is 9.73 Å². The van der Waals surface area contributed by atoms with E-state index in [1.165, 1.54) is 0 Å². The summed E-state index contributed by atoms with van der Waals surface area (Å²) in [5.74, 6) is 0.572. The predicted molar refractivity (Wildman–Crippen MR) is 101 cm³/mol. The molecule has 4 rings (SSSR count). The highest BCUT2D eigenvalue weighted by Gasteiger charge is 2.18. The Morgan fingerprint density at radius 1 is 0.963 bits per heavy atom. The maximum atomic E-state index is 12.4. The average molecular weight is 358 g/mol. The van der Waals surface area contributed by atoms with E-state index in [1.54, 1.807) is 17.0 Å². The van der Waals surface area contributed by atoms with Gasteiger partial charge in [0.1, 0.15) is 11.5 Å². The molecule has 6 heteroatoms. The molecule has 2 aromatic carbocycles. The molecule has 0 unspecified atom stereocenters. The summed E-state index contributed by atoms with van der Waals surface area (Å²) in [7, 11) is 0. The maximum absolute atomic E-state index is 12.4. The first-order valence-electron chi connectivity index (χ1n) is 8.66. The largest absolute Gasteiger partial charge is 0.467 e. The van der Waals surface area contributed by atoms with Gasteiger partial charge in [0.2, 0.25) is 5.91 Å². The highest BCUT2D eigenvalue weighted by atomic mass is 16.3. The van der Waals surface area contributed by atoms with Crippen molar-refractivity contribution in [1.29, 1.82) is 0 Å². The molecule has 6 nitrogen and oxygen atoms in total. The molecule has 0 bridgehead atoms. The zero-order valence-corrected chi connectivity index (χ0v) is 14.6. The first kappa shape index (κ1) is 16.8. The van der Waals surface area contributed by atoms with Crippen LogP contribution in [0.15, 0.2) is 83.5 Å². The molecule has 134 valence electrons. The van der Waals surface area contributed by atoms with Gasteiger partial charge in [0, 0.05) is 5.56 Å². The van der Waals surface area contributed by atoms with Crippen molar-refractivity contribution >= 4 is 5.91 Å². The fourth-order valence-corrected chi connectivity index (χ4v) is 2.88. The highest BCUT2D eigenvalue weighted by Crippen LogP contribution is 2.25. The summed E-state index contributed by atoms with van der Waals surface area (Å²) in [5.41, 5.74) is 3.29. The van der Waals surface area contributed by atoms with Crippen LogP contribution in [0.25, 0.3) is 16.9 Å². The van der Waals surface area contributed by atoms with E-state index < -0.39 is 0 Å². The fraction of sp³-hybridized carbons (Fsp3) is 0.0952. The number of carbonyl (C=O) groups is 1. The van der Waals surface area contributed by atoms with Crippen LogP contribution in [0.1, 0.15) is 11.5 Å². The van der Waals surface area contributed by atoms with Gasteiger partial charge in [-0.1, -0.05) is 53.7 Å². The number of hydrogen-bond donors (Lipinski definition) is 1. The second kappa shape index (κ2) is 7.70. The molecule has 0 atom stereocenters. The van der Waals surface area contributed by atoms with Crippen LogP contribution in [0.2, 0.25) is 0 Å². The topological polar surface area (TPSA) is 73.0 Å². The molecule has 2 aromatic heterocycles. The molecule has 0 radical (unpaired) electrons. The van der Waals surface area contributed by atoms with Gasteiger partial charge in [-0.15, -0.1) is 5.10 Å². The summed E-state index contributed by atoms with van der Waals surface area (Å²) in [4.78, 5) is 12.4. The SMILES string of the molecule is O=C(Cc1nnn(-c2ccccc2)c1-c1ccccc1)NCc1ccco1. The van der Waals surface area contributed by atoms with Crippen molar-refractivity contribution in [1.82, 2.24) is 20.3 Å². The average Bonchev–Trinajstić information content (AvgIpc) is 3.38. The summed E-state index contributed by atoms with van der Waals surface area (Å²) < 4.78 is 7.01. The Balaban J connectivity index is 1.62. The second-order valence-corrected chi connectivity index (χ2v) is 6.03. The van der Waals surface area contributed by atoms with Crippen LogP contribution in [0.5, 0.6) is 0 Å². The molecule has 4 aromatic rings. The van der Waals surface area contributed by atoms with Gasteiger partial charge >= 0.3 is 0 Å². The molecule has 0 saturated heterocycles. The molecule has 0 saturated carbocycles. The first-order chi connectivity index (χ1) is 13.3. The van der Waals surface area contributed by atoms with Crippen LogP contribution < -0.4 is 5.32 Å². The van der Waals surface area contributed by atoms with Crippen molar-refractivity contribution in [3.63, 3.8) is 0 Å². The number of para-hydroxylation sites is 1. The van der Waals surface area contributed by atoms with E-state index in [0.717, 1.165) is 16.9 Å². The van der Waals surface area contributed by atoms with Crippen LogP contribution in [0.3, 0.4) is 0 Å². The quantitative estimate of drug-likeness (QED) is 0.573. The van der Waals surface area contributed by atoms with Crippen LogP contribution in [0, 0.1) is 0 Å². The van der Waals surface area contributed by atoms with Gasteiger partial charge in [-0.2, -0.15) is 0 Å². The minimum Gasteiger partial charge on any atom is -0.467 e. The summed E-state index contributed by atoms with van der Waals surface area (Å²) in [5, 5.41) is 11.4. The lowest BCUT2D eigenvalue weighted by Crippen LogP contribution is -2.24. The Hall–Kier alpha value is -3.67. The Bertz CT molecular complexity index is 1010. The summed E-state index contributed by atoms with van der Waals surface area (Å²) >= 11 is 0. The molecule has 1 N–H and O–H groups in total. The molecule has 0 aliphatic heterocycles. The monoisotopic (exact) mass is 358 g/mol. The number of nitrogens with zero attached hydrogens (tertiary/aromatic N) is 3. The van der Waals surface area contributed by atoms with Crippen molar-refractivity contribution < 1.29 is 9.21 Å². The molecule has 0 fully saturated rings. The standard InChI is InChI=1S/C21H18N4O2/c26-20(22-15-18-12-7-13-27-18)14-19-21(16-8-3-1-4-9-16)25(24-23-19)17-10-5-2-6-11-17/h1-13H,14-15H2,(H,22,26). The van der Waals surface area contributed by atoms with Crippen LogP contribution in [0.4, 0.5) is 0 Å². The smallest absolute Gasteiger partial charge is 0.226 e. The van der Waals surface area contributed by atoms with E-state index in [-0.39, 0.29) is 12.3 Å². The number of benzene rings is 2. The van der Waals surface area contributed by atoms with Crippen molar-refractivity contribution in [2.45, 2.75) is 13.0 Å². The molecule has 0 spiro atoms. The van der Waals surface area contributed by atoms with Crippen molar-refractivity contribution in [2.24, 2.45) is 0 Å². The third kappa shape index (κ3) is 3.79. The molecule has 1 amide bonds. The van der Waals surface area contributed by atoms with Crippen LogP contribution >= 0.6 is 0 Å². The third-order valence-electron chi connectivity index (χ3n) is 4.16. The van der Waals surface area contributed by atoms with Crippen molar-refractivity contribution in [2.75, 3.05) is 0 Å². The number of furan rings is 1. The highest BCUT2D eigenvalue weighted by molar-refractivity contribution is 5.80. The fourth-order valence-electron chi connectivity index (χ4n) is 2.88. The van der Waals surface area contributed by atoms with Crippen LogP contribution in [-0.4, -0.2) is 20.9 Å². The van der Waals surface area contributed by atoms with E-state index in [9.17, 15) is 4.79 Å². The third-order valence-corrected chi connectivity index (χ3v) is 4.16. The molecule has 0 aliphatic carbocycles. The predicted octanol–water partition coefficient (Wildman–Crippen LogP) is 3.39. The Morgan fingerprint density at radius 3 is 2.41 bits per heavy atom. The van der Waals surface area contributed by atoms with Crippen molar-refractivity contribution in [3.8, 4) is 16.9 Å². The van der Waals surface area contributed by atoms with E-state index in [2.05, 4.69) is 15.6 Å². The number of carbonyl (C=O) groups excluding carboxylic acids is 1. The minimum absolute atomic E-state index is 0.135. The summed E-state index contributed by atoms with van der Waals surface area (Å²) in [6, 6.07) is 23.2. The first-order valence-corrected chi connectivity index (χ1v) is 8.66. The zero-order valence-electron chi connectivity index (χ0n) is 14.6. The van der Waals surface area contributed by atoms with Gasteiger partial charge in [-0.25, -0.2) is 4.68 Å². The van der Waals surface area contributed by atoms with E-state index in [1.807, 2.05) is 66.7 Å². The molecule has 2 heterocycles. The summed E-state index contributed by atoms with van der Waals surface area (Å²) in [6.07, 6.45) is 1.72. The van der Waals surface area contributed by atoms with Crippen molar-refractivity contribution in [3.05, 3.63) is 90.5 Å².